The molecule has 1 aliphatic heterocycles. The van der Waals surface area contributed by atoms with Crippen LogP contribution in [0.1, 0.15) is 23.2 Å². The lowest BCUT2D eigenvalue weighted by atomic mass is 9.99. The van der Waals surface area contributed by atoms with Gasteiger partial charge in [0.2, 0.25) is 0 Å². The van der Waals surface area contributed by atoms with Crippen LogP contribution < -0.4 is 0 Å². The van der Waals surface area contributed by atoms with Gasteiger partial charge < -0.3 is 10.0 Å². The Bertz CT molecular complexity index is 543. The van der Waals surface area contributed by atoms with Gasteiger partial charge in [0.05, 0.1) is 0 Å². The molecule has 1 heterocycles. The van der Waals surface area contributed by atoms with Crippen molar-refractivity contribution >= 4 is 17.7 Å². The highest BCUT2D eigenvalue weighted by molar-refractivity contribution is 5.99. The summed E-state index contributed by atoms with van der Waals surface area (Å²) in [7, 11) is 0. The molecule has 1 saturated heterocycles. The van der Waals surface area contributed by atoms with Gasteiger partial charge in [-0.2, -0.15) is 0 Å². The van der Waals surface area contributed by atoms with Crippen molar-refractivity contribution in [3.8, 4) is 0 Å². The number of hydrogen-bond acceptors (Lipinski definition) is 3. The third-order valence-electron chi connectivity index (χ3n) is 3.05. The van der Waals surface area contributed by atoms with Crippen molar-refractivity contribution in [2.24, 2.45) is 0 Å². The summed E-state index contributed by atoms with van der Waals surface area (Å²) in [6, 6.07) is 3.88. The molecule has 0 bridgehead atoms. The predicted octanol–water partition coefficient (Wildman–Crippen LogP) is 1.08. The van der Waals surface area contributed by atoms with Gasteiger partial charge in [-0.3, -0.25) is 9.59 Å². The van der Waals surface area contributed by atoms with Gasteiger partial charge in [-0.15, -0.1) is 0 Å². The van der Waals surface area contributed by atoms with Crippen molar-refractivity contribution in [2.75, 3.05) is 6.54 Å². The summed E-state index contributed by atoms with van der Waals surface area (Å²) >= 11 is 0. The number of carboxylic acids is 1. The van der Waals surface area contributed by atoms with E-state index in [0.29, 0.717) is 0 Å². The summed E-state index contributed by atoms with van der Waals surface area (Å²) in [6.45, 7) is 0.0468. The van der Waals surface area contributed by atoms with Gasteiger partial charge in [0.15, 0.2) is 0 Å². The number of piperidine rings is 1. The Balaban J connectivity index is 2.26. The van der Waals surface area contributed by atoms with E-state index in [1.165, 1.54) is 18.2 Å². The van der Waals surface area contributed by atoms with Gasteiger partial charge in [0, 0.05) is 24.9 Å². The molecule has 19 heavy (non-hydrogen) atoms. The fourth-order valence-electron chi connectivity index (χ4n) is 2.08. The number of likely N-dealkylation sites (tertiary alicyclic amines) is 1. The van der Waals surface area contributed by atoms with E-state index in [0.717, 1.165) is 11.0 Å². The molecule has 1 atom stereocenters. The average molecular weight is 265 g/mol. The van der Waals surface area contributed by atoms with Crippen LogP contribution in [0.2, 0.25) is 0 Å². The Morgan fingerprint density at radius 1 is 1.37 bits per heavy atom. The zero-order valence-corrected chi connectivity index (χ0v) is 10.0. The second-order valence-corrected chi connectivity index (χ2v) is 4.36. The van der Waals surface area contributed by atoms with Crippen molar-refractivity contribution in [3.63, 3.8) is 0 Å². The second kappa shape index (κ2) is 5.17. The number of carbonyl (C=O) groups excluding carboxylic acids is 2. The van der Waals surface area contributed by atoms with Gasteiger partial charge in [-0.25, -0.2) is 9.18 Å². The number of rotatable bonds is 2. The number of aliphatic carboxylic acids is 1. The number of amides is 1. The molecule has 100 valence electrons. The first-order valence-electron chi connectivity index (χ1n) is 5.80. The van der Waals surface area contributed by atoms with Gasteiger partial charge >= 0.3 is 5.97 Å². The molecule has 1 N–H and O–H groups in total. The van der Waals surface area contributed by atoms with Gasteiger partial charge in [-0.1, -0.05) is 6.07 Å². The number of hydrogen-bond donors (Lipinski definition) is 1. The number of halogens is 1. The molecule has 0 spiro atoms. The van der Waals surface area contributed by atoms with Crippen LogP contribution in [0.5, 0.6) is 0 Å². The highest BCUT2D eigenvalue weighted by Gasteiger charge is 2.35. The van der Waals surface area contributed by atoms with E-state index >= 15 is 0 Å². The maximum Gasteiger partial charge on any atom is 0.326 e. The SMILES string of the molecule is O=C1CCN(C(=O)c2cccc(F)c2)C(C(=O)O)C1. The van der Waals surface area contributed by atoms with Crippen LogP contribution >= 0.6 is 0 Å². The maximum absolute atomic E-state index is 13.1. The van der Waals surface area contributed by atoms with Gasteiger partial charge in [0.1, 0.15) is 17.6 Å². The molecule has 1 aromatic carbocycles. The van der Waals surface area contributed by atoms with Crippen LogP contribution in [0.15, 0.2) is 24.3 Å². The zero-order chi connectivity index (χ0) is 14.0. The summed E-state index contributed by atoms with van der Waals surface area (Å²) in [4.78, 5) is 35.6. The highest BCUT2D eigenvalue weighted by Crippen LogP contribution is 2.18. The van der Waals surface area contributed by atoms with Crippen LogP contribution in [0.3, 0.4) is 0 Å². The van der Waals surface area contributed by atoms with Crippen molar-refractivity contribution in [2.45, 2.75) is 18.9 Å². The molecule has 1 amide bonds. The molecule has 1 aromatic rings. The van der Waals surface area contributed by atoms with Crippen molar-refractivity contribution in [1.29, 1.82) is 0 Å². The average Bonchev–Trinajstić information content (AvgIpc) is 2.37. The first-order chi connectivity index (χ1) is 8.99. The molecule has 0 radical (unpaired) electrons. The Morgan fingerprint density at radius 2 is 2.11 bits per heavy atom. The molecule has 5 nitrogen and oxygen atoms in total. The number of carbonyl (C=O) groups is 3. The number of carboxylic acid groups (broad SMARTS) is 1. The maximum atomic E-state index is 13.1. The minimum Gasteiger partial charge on any atom is -0.480 e. The van der Waals surface area contributed by atoms with Crippen molar-refractivity contribution < 1.29 is 23.9 Å². The Morgan fingerprint density at radius 3 is 2.74 bits per heavy atom. The number of ketones is 1. The second-order valence-electron chi connectivity index (χ2n) is 4.36. The number of benzene rings is 1. The molecule has 1 fully saturated rings. The largest absolute Gasteiger partial charge is 0.480 e. The fraction of sp³-hybridized carbons (Fsp3) is 0.308. The van der Waals surface area contributed by atoms with Gasteiger partial charge in [0.25, 0.3) is 5.91 Å². The standard InChI is InChI=1S/C13H12FNO4/c14-9-3-1-2-8(6-9)12(17)15-5-4-10(16)7-11(15)13(18)19/h1-3,6,11H,4-5,7H2,(H,18,19). The summed E-state index contributed by atoms with van der Waals surface area (Å²) in [5, 5.41) is 9.06. The van der Waals surface area contributed by atoms with Crippen molar-refractivity contribution in [3.05, 3.63) is 35.6 Å². The minimum absolute atomic E-state index is 0.0468. The van der Waals surface area contributed by atoms with Crippen LogP contribution in [0, 0.1) is 5.82 Å². The molecule has 0 aromatic heterocycles. The molecule has 1 unspecified atom stereocenters. The van der Waals surface area contributed by atoms with E-state index in [4.69, 9.17) is 5.11 Å². The lowest BCUT2D eigenvalue weighted by molar-refractivity contribution is -0.146. The quantitative estimate of drug-likeness (QED) is 0.868. The smallest absolute Gasteiger partial charge is 0.326 e. The number of Topliss-reactive ketones (excluding diaryl/α,β-unsaturated/α-hetero) is 1. The Kier molecular flexibility index (Phi) is 3.59. The van der Waals surface area contributed by atoms with E-state index in [9.17, 15) is 18.8 Å². The van der Waals surface area contributed by atoms with Crippen LogP contribution in [0.4, 0.5) is 4.39 Å². The summed E-state index contributed by atoms with van der Waals surface area (Å²) in [6.07, 6.45) is -0.0682. The molecule has 2 rings (SSSR count). The molecule has 0 saturated carbocycles. The van der Waals surface area contributed by atoms with Crippen LogP contribution in [-0.4, -0.2) is 40.3 Å². The van der Waals surface area contributed by atoms with Crippen molar-refractivity contribution in [1.82, 2.24) is 4.90 Å². The van der Waals surface area contributed by atoms with E-state index in [2.05, 4.69) is 0 Å². The zero-order valence-electron chi connectivity index (χ0n) is 10.0. The normalized spacial score (nSPS) is 19.3. The third kappa shape index (κ3) is 2.78. The monoisotopic (exact) mass is 265 g/mol. The summed E-state index contributed by atoms with van der Waals surface area (Å²) in [5.74, 6) is -2.54. The van der Waals surface area contributed by atoms with E-state index in [-0.39, 0.29) is 30.7 Å². The molecule has 6 heteroatoms. The first-order valence-corrected chi connectivity index (χ1v) is 5.80. The highest BCUT2D eigenvalue weighted by atomic mass is 19.1. The molecule has 1 aliphatic rings. The Labute approximate surface area is 108 Å². The van der Waals surface area contributed by atoms with Crippen LogP contribution in [-0.2, 0) is 9.59 Å². The summed E-state index contributed by atoms with van der Waals surface area (Å²) in [5.41, 5.74) is 0.0839. The van der Waals surface area contributed by atoms with E-state index in [1.54, 1.807) is 0 Å². The van der Waals surface area contributed by atoms with E-state index < -0.39 is 23.7 Å². The lowest BCUT2D eigenvalue weighted by Gasteiger charge is -2.32. The van der Waals surface area contributed by atoms with E-state index in [1.807, 2.05) is 0 Å². The lowest BCUT2D eigenvalue weighted by Crippen LogP contribution is -2.50. The minimum atomic E-state index is -1.22. The Hall–Kier alpha value is -2.24. The van der Waals surface area contributed by atoms with Gasteiger partial charge in [-0.05, 0) is 18.2 Å². The summed E-state index contributed by atoms with van der Waals surface area (Å²) < 4.78 is 13.1. The predicted molar refractivity (Wildman–Crippen MR) is 63.1 cm³/mol. The van der Waals surface area contributed by atoms with Crippen LogP contribution in [0.25, 0.3) is 0 Å². The molecule has 0 aliphatic carbocycles. The third-order valence-corrected chi connectivity index (χ3v) is 3.05. The topological polar surface area (TPSA) is 74.7 Å². The first kappa shape index (κ1) is 13.2. The number of nitrogens with zero attached hydrogens (tertiary/aromatic N) is 1. The molecular formula is C13H12FNO4. The molecular weight excluding hydrogens is 253 g/mol. The fourth-order valence-corrected chi connectivity index (χ4v) is 2.08.